The second-order valence-electron chi connectivity index (χ2n) is 2.32. The molecule has 0 radical (unpaired) electrons. The fourth-order valence-corrected chi connectivity index (χ4v) is 1.58. The smallest absolute Gasteiger partial charge is 0.228 e. The molecule has 0 spiro atoms. The van der Waals surface area contributed by atoms with E-state index < -0.39 is 0 Å². The van der Waals surface area contributed by atoms with Crippen molar-refractivity contribution in [2.45, 2.75) is 0 Å². The van der Waals surface area contributed by atoms with Crippen LogP contribution in [0.5, 0.6) is 0 Å². The molecule has 3 heteroatoms. The van der Waals surface area contributed by atoms with Crippen LogP contribution in [0, 0.1) is 0 Å². The maximum Gasteiger partial charge on any atom is 0.228 e. The van der Waals surface area contributed by atoms with Gasteiger partial charge in [-0.25, -0.2) is 0 Å². The summed E-state index contributed by atoms with van der Waals surface area (Å²) in [5, 5.41) is 3.68. The molecule has 0 fully saturated rings. The zero-order valence-corrected chi connectivity index (χ0v) is 7.01. The molecule has 2 aromatic rings. The molecule has 0 atom stereocenters. The molecule has 0 aliphatic rings. The first kappa shape index (κ1) is 7.31. The summed E-state index contributed by atoms with van der Waals surface area (Å²) in [5.41, 5.74) is 0.690. The molecule has 2 heterocycles. The van der Waals surface area contributed by atoms with E-state index in [9.17, 15) is 4.79 Å². The van der Waals surface area contributed by atoms with Gasteiger partial charge in [0.2, 0.25) is 5.78 Å². The Morgan fingerprint density at radius 3 is 2.92 bits per heavy atom. The van der Waals surface area contributed by atoms with Gasteiger partial charge in [-0.2, -0.15) is 11.3 Å². The van der Waals surface area contributed by atoms with E-state index in [0.717, 1.165) is 0 Å². The molecule has 2 nitrogen and oxygen atoms in total. The molecular formula is C9H6O2S. The summed E-state index contributed by atoms with van der Waals surface area (Å²) in [7, 11) is 0. The summed E-state index contributed by atoms with van der Waals surface area (Å²) in [6.45, 7) is 0. The number of thiophene rings is 1. The van der Waals surface area contributed by atoms with Crippen LogP contribution in [0.3, 0.4) is 0 Å². The Morgan fingerprint density at radius 2 is 2.33 bits per heavy atom. The van der Waals surface area contributed by atoms with Gasteiger partial charge in [-0.05, 0) is 23.6 Å². The lowest BCUT2D eigenvalue weighted by Gasteiger charge is -1.89. The molecule has 0 aliphatic carbocycles. The number of furan rings is 1. The van der Waals surface area contributed by atoms with E-state index in [2.05, 4.69) is 0 Å². The van der Waals surface area contributed by atoms with Crippen LogP contribution in [0.25, 0.3) is 0 Å². The van der Waals surface area contributed by atoms with Gasteiger partial charge in [0.1, 0.15) is 0 Å². The van der Waals surface area contributed by atoms with Gasteiger partial charge in [0.05, 0.1) is 6.26 Å². The predicted octanol–water partition coefficient (Wildman–Crippen LogP) is 2.57. The molecule has 60 valence electrons. The second kappa shape index (κ2) is 2.95. The molecule has 0 N–H and O–H groups in total. The largest absolute Gasteiger partial charge is 0.461 e. The van der Waals surface area contributed by atoms with Crippen molar-refractivity contribution in [2.24, 2.45) is 0 Å². The molecule has 2 rings (SSSR count). The van der Waals surface area contributed by atoms with Crippen molar-refractivity contribution in [3.8, 4) is 0 Å². The van der Waals surface area contributed by atoms with Crippen molar-refractivity contribution in [3.05, 3.63) is 46.5 Å². The molecule has 0 saturated carbocycles. The summed E-state index contributed by atoms with van der Waals surface area (Å²) in [5.74, 6) is 0.342. The number of carbonyl (C=O) groups is 1. The van der Waals surface area contributed by atoms with E-state index in [1.54, 1.807) is 18.2 Å². The van der Waals surface area contributed by atoms with Crippen LogP contribution >= 0.6 is 11.3 Å². The number of carbonyl (C=O) groups excluding carboxylic acids is 1. The first-order valence-electron chi connectivity index (χ1n) is 3.48. The van der Waals surface area contributed by atoms with Crippen molar-refractivity contribution < 1.29 is 9.21 Å². The van der Waals surface area contributed by atoms with Crippen molar-refractivity contribution in [1.29, 1.82) is 0 Å². The molecule has 0 saturated heterocycles. The predicted molar refractivity (Wildman–Crippen MR) is 46.5 cm³/mol. The van der Waals surface area contributed by atoms with Gasteiger partial charge in [-0.3, -0.25) is 4.79 Å². The second-order valence-corrected chi connectivity index (χ2v) is 3.10. The Hall–Kier alpha value is -1.35. The van der Waals surface area contributed by atoms with Crippen molar-refractivity contribution >= 4 is 17.1 Å². The minimum atomic E-state index is -0.0544. The third-order valence-corrected chi connectivity index (χ3v) is 2.21. The van der Waals surface area contributed by atoms with Crippen LogP contribution in [0.15, 0.2) is 39.6 Å². The lowest BCUT2D eigenvalue weighted by molar-refractivity contribution is 0.101. The number of ketones is 1. The molecule has 0 aliphatic heterocycles. The minimum absolute atomic E-state index is 0.0544. The summed E-state index contributed by atoms with van der Waals surface area (Å²) in [6.07, 6.45) is 1.50. The highest BCUT2D eigenvalue weighted by Gasteiger charge is 2.10. The Kier molecular flexibility index (Phi) is 1.80. The van der Waals surface area contributed by atoms with E-state index in [-0.39, 0.29) is 5.78 Å². The van der Waals surface area contributed by atoms with Crippen molar-refractivity contribution in [2.75, 3.05) is 0 Å². The molecule has 0 unspecified atom stereocenters. The number of hydrogen-bond donors (Lipinski definition) is 0. The van der Waals surface area contributed by atoms with E-state index >= 15 is 0 Å². The van der Waals surface area contributed by atoms with Gasteiger partial charge in [0.15, 0.2) is 5.76 Å². The highest BCUT2D eigenvalue weighted by atomic mass is 32.1. The van der Waals surface area contributed by atoms with Crippen LogP contribution in [-0.4, -0.2) is 5.78 Å². The first-order chi connectivity index (χ1) is 5.88. The van der Waals surface area contributed by atoms with Crippen LogP contribution in [0.1, 0.15) is 16.1 Å². The van der Waals surface area contributed by atoms with Crippen molar-refractivity contribution in [3.63, 3.8) is 0 Å². The highest BCUT2D eigenvalue weighted by Crippen LogP contribution is 2.12. The van der Waals surface area contributed by atoms with E-state index in [1.165, 1.54) is 17.6 Å². The van der Waals surface area contributed by atoms with Crippen LogP contribution in [0.4, 0.5) is 0 Å². The maximum absolute atomic E-state index is 11.5. The molecule has 0 bridgehead atoms. The summed E-state index contributed by atoms with van der Waals surface area (Å²) in [6, 6.07) is 5.16. The number of hydrogen-bond acceptors (Lipinski definition) is 3. The van der Waals surface area contributed by atoms with Gasteiger partial charge in [-0.1, -0.05) is 0 Å². The van der Waals surface area contributed by atoms with Gasteiger partial charge in [-0.15, -0.1) is 0 Å². The Labute approximate surface area is 73.4 Å². The van der Waals surface area contributed by atoms with E-state index in [4.69, 9.17) is 4.42 Å². The normalized spacial score (nSPS) is 10.0. The van der Waals surface area contributed by atoms with E-state index in [0.29, 0.717) is 11.3 Å². The van der Waals surface area contributed by atoms with Gasteiger partial charge in [0.25, 0.3) is 0 Å². The third-order valence-electron chi connectivity index (χ3n) is 1.53. The minimum Gasteiger partial charge on any atom is -0.461 e. The maximum atomic E-state index is 11.5. The summed E-state index contributed by atoms with van der Waals surface area (Å²) in [4.78, 5) is 11.5. The molecule has 12 heavy (non-hydrogen) atoms. The molecular weight excluding hydrogens is 172 g/mol. The topological polar surface area (TPSA) is 30.2 Å². The van der Waals surface area contributed by atoms with Gasteiger partial charge < -0.3 is 4.42 Å². The molecule has 0 amide bonds. The third kappa shape index (κ3) is 1.19. The van der Waals surface area contributed by atoms with Crippen LogP contribution in [0.2, 0.25) is 0 Å². The first-order valence-corrected chi connectivity index (χ1v) is 4.42. The Morgan fingerprint density at radius 1 is 1.42 bits per heavy atom. The van der Waals surface area contributed by atoms with Crippen LogP contribution < -0.4 is 0 Å². The fraction of sp³-hybridized carbons (Fsp3) is 0. The van der Waals surface area contributed by atoms with Gasteiger partial charge in [0, 0.05) is 10.9 Å². The highest BCUT2D eigenvalue weighted by molar-refractivity contribution is 7.08. The lowest BCUT2D eigenvalue weighted by atomic mass is 10.2. The lowest BCUT2D eigenvalue weighted by Crippen LogP contribution is -1.96. The molecule has 0 aromatic carbocycles. The quantitative estimate of drug-likeness (QED) is 0.661. The average Bonchev–Trinajstić information content (AvgIpc) is 2.77. The van der Waals surface area contributed by atoms with Crippen LogP contribution in [-0.2, 0) is 0 Å². The van der Waals surface area contributed by atoms with E-state index in [1.807, 2.05) is 10.8 Å². The standard InChI is InChI=1S/C9H6O2S/c10-9(7-3-5-12-6-7)8-2-1-4-11-8/h1-6H. The van der Waals surface area contributed by atoms with Gasteiger partial charge >= 0.3 is 0 Å². The monoisotopic (exact) mass is 178 g/mol. The number of rotatable bonds is 2. The average molecular weight is 178 g/mol. The summed E-state index contributed by atoms with van der Waals surface area (Å²) < 4.78 is 4.97. The Bertz CT molecular complexity index is 323. The molecule has 2 aromatic heterocycles. The SMILES string of the molecule is O=C(c1ccsc1)c1ccco1. The summed E-state index contributed by atoms with van der Waals surface area (Å²) >= 11 is 1.50. The zero-order chi connectivity index (χ0) is 8.39. The Balaban J connectivity index is 2.34. The van der Waals surface area contributed by atoms with Crippen molar-refractivity contribution in [1.82, 2.24) is 0 Å². The zero-order valence-electron chi connectivity index (χ0n) is 6.19. The fourth-order valence-electron chi connectivity index (χ4n) is 0.944.